The third kappa shape index (κ3) is 5.16. The number of nitrogen functional groups attached to an aromatic ring is 1. The average Bonchev–Trinajstić information content (AvgIpc) is 3.05. The van der Waals surface area contributed by atoms with E-state index < -0.39 is 0 Å². The number of ether oxygens (including phenoxy) is 1. The first kappa shape index (κ1) is 17.7. The molecule has 1 amide bonds. The number of nitrogens with two attached hydrogens (primary N) is 1. The van der Waals surface area contributed by atoms with E-state index in [0.29, 0.717) is 42.8 Å². The predicted molar refractivity (Wildman–Crippen MR) is 96.0 cm³/mol. The van der Waals surface area contributed by atoms with Crippen molar-refractivity contribution in [3.05, 3.63) is 41.2 Å². The van der Waals surface area contributed by atoms with E-state index in [-0.39, 0.29) is 11.7 Å². The van der Waals surface area contributed by atoms with Gasteiger partial charge in [-0.2, -0.15) is 0 Å². The summed E-state index contributed by atoms with van der Waals surface area (Å²) in [4.78, 5) is 18.5. The molecule has 0 bridgehead atoms. The van der Waals surface area contributed by atoms with Crippen LogP contribution in [0.1, 0.15) is 25.0 Å². The van der Waals surface area contributed by atoms with Crippen LogP contribution >= 0.6 is 11.3 Å². The van der Waals surface area contributed by atoms with Crippen LogP contribution in [0.3, 0.4) is 0 Å². The molecule has 1 aromatic heterocycles. The number of carbonyl (C=O) groups is 1. The number of nitrogens with zero attached hydrogens (tertiary/aromatic N) is 2. The molecular weight excluding hydrogens is 341 g/mol. The first-order valence-electron chi connectivity index (χ1n) is 8.46. The van der Waals surface area contributed by atoms with Crippen molar-refractivity contribution in [3.8, 4) is 5.75 Å². The number of anilines is 1. The molecule has 0 aliphatic carbocycles. The van der Waals surface area contributed by atoms with E-state index in [1.165, 1.54) is 23.5 Å². The number of carbonyl (C=O) groups excluding carboxylic acids is 1. The van der Waals surface area contributed by atoms with Crippen molar-refractivity contribution >= 4 is 22.4 Å². The Morgan fingerprint density at radius 2 is 2.20 bits per heavy atom. The normalized spacial score (nSPS) is 17.5. The molecule has 0 spiro atoms. The van der Waals surface area contributed by atoms with Crippen molar-refractivity contribution in [3.63, 3.8) is 0 Å². The van der Waals surface area contributed by atoms with Crippen LogP contribution in [0, 0.1) is 11.7 Å². The summed E-state index contributed by atoms with van der Waals surface area (Å²) in [6.07, 6.45) is 3.09. The highest BCUT2D eigenvalue weighted by molar-refractivity contribution is 7.13. The molecular formula is C18H22FN3O2S. The highest BCUT2D eigenvalue weighted by Gasteiger charge is 2.24. The summed E-state index contributed by atoms with van der Waals surface area (Å²) in [5.41, 5.74) is 6.49. The molecule has 1 fully saturated rings. The average molecular weight is 363 g/mol. The van der Waals surface area contributed by atoms with Crippen LogP contribution in [0.2, 0.25) is 0 Å². The maximum absolute atomic E-state index is 12.9. The van der Waals surface area contributed by atoms with Crippen LogP contribution in [0.4, 0.5) is 9.52 Å². The maximum Gasteiger partial charge on any atom is 0.222 e. The van der Waals surface area contributed by atoms with Crippen LogP contribution < -0.4 is 10.5 Å². The molecule has 0 saturated carbocycles. The fourth-order valence-corrected chi connectivity index (χ4v) is 3.60. The predicted octanol–water partition coefficient (Wildman–Crippen LogP) is 3.11. The molecule has 134 valence electrons. The Bertz CT molecular complexity index is 705. The molecule has 0 unspecified atom stereocenters. The van der Waals surface area contributed by atoms with Crippen LogP contribution in [0.5, 0.6) is 5.75 Å². The Kier molecular flexibility index (Phi) is 5.86. The van der Waals surface area contributed by atoms with Crippen molar-refractivity contribution < 1.29 is 13.9 Å². The van der Waals surface area contributed by atoms with Crippen molar-refractivity contribution in [2.75, 3.05) is 25.4 Å². The number of aryl methyl sites for hydroxylation is 1. The van der Waals surface area contributed by atoms with Crippen LogP contribution in [0.15, 0.2) is 29.6 Å². The Morgan fingerprint density at radius 1 is 1.40 bits per heavy atom. The van der Waals surface area contributed by atoms with Gasteiger partial charge in [0.15, 0.2) is 5.13 Å². The number of halogens is 1. The summed E-state index contributed by atoms with van der Waals surface area (Å²) in [7, 11) is 0. The van der Waals surface area contributed by atoms with Gasteiger partial charge in [0, 0.05) is 30.8 Å². The molecule has 1 aliphatic rings. The zero-order valence-electron chi connectivity index (χ0n) is 14.0. The van der Waals surface area contributed by atoms with Gasteiger partial charge in [0.25, 0.3) is 0 Å². The molecule has 2 N–H and O–H groups in total. The van der Waals surface area contributed by atoms with E-state index in [1.54, 1.807) is 12.1 Å². The third-order valence-electron chi connectivity index (χ3n) is 4.34. The molecule has 1 aromatic carbocycles. The Morgan fingerprint density at radius 3 is 2.92 bits per heavy atom. The monoisotopic (exact) mass is 363 g/mol. The summed E-state index contributed by atoms with van der Waals surface area (Å²) in [6, 6.07) is 6.02. The molecule has 7 heteroatoms. The largest absolute Gasteiger partial charge is 0.493 e. The first-order chi connectivity index (χ1) is 12.1. The van der Waals surface area contributed by atoms with E-state index in [9.17, 15) is 9.18 Å². The van der Waals surface area contributed by atoms with Gasteiger partial charge in [-0.05, 0) is 43.5 Å². The summed E-state index contributed by atoms with van der Waals surface area (Å²) < 4.78 is 18.6. The number of thiazole rings is 1. The zero-order chi connectivity index (χ0) is 17.6. The molecule has 2 aromatic rings. The molecule has 2 heterocycles. The topological polar surface area (TPSA) is 68.5 Å². The highest BCUT2D eigenvalue weighted by Crippen LogP contribution is 2.20. The van der Waals surface area contributed by atoms with Crippen molar-refractivity contribution in [1.29, 1.82) is 0 Å². The van der Waals surface area contributed by atoms with Gasteiger partial charge >= 0.3 is 0 Å². The van der Waals surface area contributed by atoms with E-state index in [4.69, 9.17) is 10.5 Å². The van der Waals surface area contributed by atoms with E-state index >= 15 is 0 Å². The number of aromatic nitrogens is 1. The Hall–Kier alpha value is -2.15. The number of rotatable bonds is 6. The van der Waals surface area contributed by atoms with Gasteiger partial charge in [-0.25, -0.2) is 9.37 Å². The molecule has 0 radical (unpaired) electrons. The number of amides is 1. The minimum Gasteiger partial charge on any atom is -0.493 e. The molecule has 1 aliphatic heterocycles. The number of piperidine rings is 1. The Balaban J connectivity index is 1.45. The number of likely N-dealkylation sites (tertiary alicyclic amines) is 1. The fourth-order valence-electron chi connectivity index (χ4n) is 3.00. The summed E-state index contributed by atoms with van der Waals surface area (Å²) >= 11 is 1.40. The molecule has 5 nitrogen and oxygen atoms in total. The molecule has 3 rings (SSSR count). The van der Waals surface area contributed by atoms with E-state index in [2.05, 4.69) is 4.98 Å². The van der Waals surface area contributed by atoms with Gasteiger partial charge in [0.1, 0.15) is 11.6 Å². The lowest BCUT2D eigenvalue weighted by molar-refractivity contribution is -0.133. The lowest BCUT2D eigenvalue weighted by Gasteiger charge is -2.32. The number of hydrogen-bond acceptors (Lipinski definition) is 5. The summed E-state index contributed by atoms with van der Waals surface area (Å²) in [5, 5.41) is 2.44. The van der Waals surface area contributed by atoms with Crippen LogP contribution in [-0.4, -0.2) is 35.5 Å². The standard InChI is InChI=1S/C18H22FN3O2S/c19-14-3-6-16(7-4-14)24-11-13-2-1-9-22(10-13)17(23)8-5-15-12-25-18(20)21-15/h3-4,6-7,12-13H,1-2,5,8-11H2,(H2,20,21)/t13-/m0/s1. The second-order valence-electron chi connectivity index (χ2n) is 6.29. The number of benzene rings is 1. The molecule has 1 atom stereocenters. The fraction of sp³-hybridized carbons (Fsp3) is 0.444. The minimum absolute atomic E-state index is 0.151. The second kappa shape index (κ2) is 8.29. The Labute approximate surface area is 150 Å². The molecule has 25 heavy (non-hydrogen) atoms. The lowest BCUT2D eigenvalue weighted by Crippen LogP contribution is -2.41. The highest BCUT2D eigenvalue weighted by atomic mass is 32.1. The van der Waals surface area contributed by atoms with Crippen LogP contribution in [-0.2, 0) is 11.2 Å². The lowest BCUT2D eigenvalue weighted by atomic mass is 9.98. The van der Waals surface area contributed by atoms with Gasteiger partial charge < -0.3 is 15.4 Å². The second-order valence-corrected chi connectivity index (χ2v) is 7.18. The van der Waals surface area contributed by atoms with Gasteiger partial charge in [-0.1, -0.05) is 0 Å². The first-order valence-corrected chi connectivity index (χ1v) is 9.34. The van der Waals surface area contributed by atoms with Gasteiger partial charge in [0.05, 0.1) is 12.3 Å². The quantitative estimate of drug-likeness (QED) is 0.856. The van der Waals surface area contributed by atoms with Crippen molar-refractivity contribution in [1.82, 2.24) is 9.88 Å². The SMILES string of the molecule is Nc1nc(CCC(=O)N2CCC[C@H](COc3ccc(F)cc3)C2)cs1. The van der Waals surface area contributed by atoms with Gasteiger partial charge in [-0.15, -0.1) is 11.3 Å². The van der Waals surface area contributed by atoms with Crippen LogP contribution in [0.25, 0.3) is 0 Å². The number of hydrogen-bond donors (Lipinski definition) is 1. The maximum atomic E-state index is 12.9. The van der Waals surface area contributed by atoms with E-state index in [1.807, 2.05) is 10.3 Å². The van der Waals surface area contributed by atoms with Crippen molar-refractivity contribution in [2.24, 2.45) is 5.92 Å². The minimum atomic E-state index is -0.274. The third-order valence-corrected chi connectivity index (χ3v) is 5.06. The summed E-state index contributed by atoms with van der Waals surface area (Å²) in [5.74, 6) is 0.838. The summed E-state index contributed by atoms with van der Waals surface area (Å²) in [6.45, 7) is 2.04. The van der Waals surface area contributed by atoms with Gasteiger partial charge in [-0.3, -0.25) is 4.79 Å². The van der Waals surface area contributed by atoms with E-state index in [0.717, 1.165) is 25.1 Å². The van der Waals surface area contributed by atoms with Gasteiger partial charge in [0.2, 0.25) is 5.91 Å². The van der Waals surface area contributed by atoms with Crippen molar-refractivity contribution in [2.45, 2.75) is 25.7 Å². The zero-order valence-corrected chi connectivity index (χ0v) is 14.8. The smallest absolute Gasteiger partial charge is 0.222 e. The molecule has 1 saturated heterocycles.